The molecule has 7 atom stereocenters. The average molecular weight is 399 g/mol. The highest BCUT2D eigenvalue weighted by molar-refractivity contribution is 5.34. The molecule has 0 amide bonds. The zero-order valence-corrected chi connectivity index (χ0v) is 19.9. The molecule has 0 aromatic heterocycles. The van der Waals surface area contributed by atoms with E-state index < -0.39 is 0 Å². The first-order valence-electron chi connectivity index (χ1n) is 12.7. The molecule has 2 saturated carbocycles. The highest BCUT2D eigenvalue weighted by Crippen LogP contribution is 2.66. The SMILES string of the molecule is C=C(CC[C@@H](C)[C@@H]1CC[C@H]2C3=C(CC[C@@]21C)[C@@]1(C)CC[C@H](O)C[C@@H]1CC3)C(C)C. The summed E-state index contributed by atoms with van der Waals surface area (Å²) in [5.74, 6) is 3.91. The first kappa shape index (κ1) is 21.7. The minimum Gasteiger partial charge on any atom is -0.393 e. The Hall–Kier alpha value is -0.560. The molecule has 1 heteroatoms. The van der Waals surface area contributed by atoms with Gasteiger partial charge in [-0.05, 0) is 111 Å². The summed E-state index contributed by atoms with van der Waals surface area (Å²) in [7, 11) is 0. The largest absolute Gasteiger partial charge is 0.393 e. The Bertz CT molecular complexity index is 672. The van der Waals surface area contributed by atoms with Crippen molar-refractivity contribution in [1.82, 2.24) is 0 Å². The Morgan fingerprint density at radius 3 is 2.55 bits per heavy atom. The summed E-state index contributed by atoms with van der Waals surface area (Å²) in [6.45, 7) is 16.7. The van der Waals surface area contributed by atoms with Crippen LogP contribution in [0.5, 0.6) is 0 Å². The standard InChI is InChI=1S/C28H46O/c1-18(2)19(3)7-8-20(4)24-11-12-25-23-10-9-21-17-22(29)13-15-27(21,5)26(23)14-16-28(24,25)6/h18,20-22,24-25,29H,3,7-17H2,1-2,4-6H3/t20-,21+,22+,24+,25+,27+,28-/m1/s1. The van der Waals surface area contributed by atoms with Crippen LogP contribution in [0.2, 0.25) is 0 Å². The van der Waals surface area contributed by atoms with Crippen LogP contribution in [0.3, 0.4) is 0 Å². The van der Waals surface area contributed by atoms with Gasteiger partial charge >= 0.3 is 0 Å². The van der Waals surface area contributed by atoms with Crippen LogP contribution in [0.15, 0.2) is 23.3 Å². The van der Waals surface area contributed by atoms with Gasteiger partial charge in [-0.25, -0.2) is 0 Å². The van der Waals surface area contributed by atoms with E-state index in [4.69, 9.17) is 0 Å². The van der Waals surface area contributed by atoms with E-state index in [-0.39, 0.29) is 6.10 Å². The molecule has 0 aliphatic heterocycles. The fourth-order valence-corrected chi connectivity index (χ4v) is 8.32. The van der Waals surface area contributed by atoms with Gasteiger partial charge in [-0.1, -0.05) is 57.9 Å². The topological polar surface area (TPSA) is 20.2 Å². The summed E-state index contributed by atoms with van der Waals surface area (Å²) in [6.07, 6.45) is 14.1. The van der Waals surface area contributed by atoms with Gasteiger partial charge in [0.05, 0.1) is 6.10 Å². The number of hydrogen-bond acceptors (Lipinski definition) is 1. The monoisotopic (exact) mass is 398 g/mol. The minimum absolute atomic E-state index is 0.0404. The molecule has 164 valence electrons. The number of fused-ring (bicyclic) bond motifs is 4. The maximum Gasteiger partial charge on any atom is 0.0543 e. The maximum absolute atomic E-state index is 10.2. The van der Waals surface area contributed by atoms with Crippen molar-refractivity contribution in [3.05, 3.63) is 23.3 Å². The molecule has 2 fully saturated rings. The second kappa shape index (κ2) is 7.85. The second-order valence-electron chi connectivity index (χ2n) is 12.2. The van der Waals surface area contributed by atoms with Crippen LogP contribution in [0.25, 0.3) is 0 Å². The van der Waals surface area contributed by atoms with E-state index in [2.05, 4.69) is 41.2 Å². The number of allylic oxidation sites excluding steroid dienone is 3. The Morgan fingerprint density at radius 2 is 1.83 bits per heavy atom. The molecular weight excluding hydrogens is 352 g/mol. The van der Waals surface area contributed by atoms with Gasteiger partial charge in [0.1, 0.15) is 0 Å². The third kappa shape index (κ3) is 3.58. The van der Waals surface area contributed by atoms with Gasteiger partial charge in [-0.3, -0.25) is 0 Å². The van der Waals surface area contributed by atoms with Crippen LogP contribution in [-0.4, -0.2) is 11.2 Å². The molecule has 0 bridgehead atoms. The van der Waals surface area contributed by atoms with Crippen LogP contribution >= 0.6 is 0 Å². The van der Waals surface area contributed by atoms with Crippen molar-refractivity contribution >= 4 is 0 Å². The van der Waals surface area contributed by atoms with Crippen molar-refractivity contribution < 1.29 is 5.11 Å². The number of rotatable bonds is 5. The summed E-state index contributed by atoms with van der Waals surface area (Å²) < 4.78 is 0. The molecule has 1 N–H and O–H groups in total. The molecule has 0 aromatic carbocycles. The van der Waals surface area contributed by atoms with Gasteiger partial charge in [0.15, 0.2) is 0 Å². The van der Waals surface area contributed by atoms with Crippen LogP contribution in [0.1, 0.15) is 105 Å². The lowest BCUT2D eigenvalue weighted by Crippen LogP contribution is -2.45. The molecule has 0 heterocycles. The third-order valence-corrected chi connectivity index (χ3v) is 10.5. The first-order chi connectivity index (χ1) is 13.7. The third-order valence-electron chi connectivity index (χ3n) is 10.5. The molecule has 0 aromatic rings. The zero-order valence-electron chi connectivity index (χ0n) is 19.9. The normalized spacial score (nSPS) is 43.0. The van der Waals surface area contributed by atoms with Gasteiger partial charge in [-0.2, -0.15) is 0 Å². The molecule has 29 heavy (non-hydrogen) atoms. The van der Waals surface area contributed by atoms with Gasteiger partial charge < -0.3 is 5.11 Å². The molecule has 4 aliphatic carbocycles. The lowest BCUT2D eigenvalue weighted by atomic mass is 9.50. The van der Waals surface area contributed by atoms with E-state index in [1.807, 2.05) is 11.1 Å². The molecule has 0 spiro atoms. The smallest absolute Gasteiger partial charge is 0.0543 e. The molecule has 0 unspecified atom stereocenters. The highest BCUT2D eigenvalue weighted by atomic mass is 16.3. The summed E-state index contributed by atoms with van der Waals surface area (Å²) in [5.41, 5.74) is 6.12. The Kier molecular flexibility index (Phi) is 5.86. The highest BCUT2D eigenvalue weighted by Gasteiger charge is 2.55. The van der Waals surface area contributed by atoms with Crippen LogP contribution in [0.4, 0.5) is 0 Å². The van der Waals surface area contributed by atoms with Crippen molar-refractivity contribution in [3.8, 4) is 0 Å². The fourth-order valence-electron chi connectivity index (χ4n) is 8.32. The quantitative estimate of drug-likeness (QED) is 0.470. The molecule has 4 aliphatic rings. The predicted molar refractivity (Wildman–Crippen MR) is 124 cm³/mol. The lowest BCUT2D eigenvalue weighted by molar-refractivity contribution is 0.0133. The van der Waals surface area contributed by atoms with Gasteiger partial charge in [0, 0.05) is 0 Å². The zero-order chi connectivity index (χ0) is 21.0. The molecule has 4 rings (SSSR count). The minimum atomic E-state index is -0.0404. The van der Waals surface area contributed by atoms with Gasteiger partial charge in [0.2, 0.25) is 0 Å². The van der Waals surface area contributed by atoms with E-state index >= 15 is 0 Å². The Balaban J connectivity index is 1.53. The van der Waals surface area contributed by atoms with E-state index in [0.717, 1.165) is 36.5 Å². The summed E-state index contributed by atoms with van der Waals surface area (Å²) in [4.78, 5) is 0. The summed E-state index contributed by atoms with van der Waals surface area (Å²) in [5, 5.41) is 10.2. The molecule has 0 radical (unpaired) electrons. The summed E-state index contributed by atoms with van der Waals surface area (Å²) >= 11 is 0. The van der Waals surface area contributed by atoms with Crippen molar-refractivity contribution in [3.63, 3.8) is 0 Å². The van der Waals surface area contributed by atoms with Crippen LogP contribution in [-0.2, 0) is 0 Å². The number of hydrogen-bond donors (Lipinski definition) is 1. The average Bonchev–Trinajstić information content (AvgIpc) is 3.03. The second-order valence-corrected chi connectivity index (χ2v) is 12.2. The molecule has 0 saturated heterocycles. The maximum atomic E-state index is 10.2. The fraction of sp³-hybridized carbons (Fsp3) is 0.857. The lowest BCUT2D eigenvalue weighted by Gasteiger charge is -2.55. The molecule has 1 nitrogen and oxygen atoms in total. The predicted octanol–water partition coefficient (Wildman–Crippen LogP) is 7.70. The van der Waals surface area contributed by atoms with Crippen LogP contribution < -0.4 is 0 Å². The Labute approximate surface area is 180 Å². The van der Waals surface area contributed by atoms with Crippen molar-refractivity contribution in [2.45, 2.75) is 111 Å². The molecular formula is C28H46O. The van der Waals surface area contributed by atoms with E-state index in [0.29, 0.717) is 16.7 Å². The van der Waals surface area contributed by atoms with Crippen LogP contribution in [0, 0.1) is 40.4 Å². The van der Waals surface area contributed by atoms with Gasteiger partial charge in [0.25, 0.3) is 0 Å². The number of aliphatic hydroxyl groups excluding tert-OH is 1. The number of aliphatic hydroxyl groups is 1. The van der Waals surface area contributed by atoms with Gasteiger partial charge in [-0.15, -0.1) is 0 Å². The van der Waals surface area contributed by atoms with Crippen molar-refractivity contribution in [1.29, 1.82) is 0 Å². The van der Waals surface area contributed by atoms with E-state index in [1.165, 1.54) is 63.4 Å². The first-order valence-corrected chi connectivity index (χ1v) is 12.7. The van der Waals surface area contributed by atoms with Crippen molar-refractivity contribution in [2.75, 3.05) is 0 Å². The Morgan fingerprint density at radius 1 is 1.07 bits per heavy atom. The van der Waals surface area contributed by atoms with Crippen molar-refractivity contribution in [2.24, 2.45) is 40.4 Å². The van der Waals surface area contributed by atoms with E-state index in [9.17, 15) is 5.11 Å². The summed E-state index contributed by atoms with van der Waals surface area (Å²) in [6, 6.07) is 0. The van der Waals surface area contributed by atoms with E-state index in [1.54, 1.807) is 0 Å².